The summed E-state index contributed by atoms with van der Waals surface area (Å²) >= 11 is 0. The number of ether oxygens (including phenoxy) is 2. The molecule has 6 nitrogen and oxygen atoms in total. The molecule has 0 spiro atoms. The molecule has 0 radical (unpaired) electrons. The van der Waals surface area contributed by atoms with Crippen molar-refractivity contribution in [3.63, 3.8) is 0 Å². The van der Waals surface area contributed by atoms with Gasteiger partial charge in [-0.1, -0.05) is 26.2 Å². The summed E-state index contributed by atoms with van der Waals surface area (Å²) in [7, 11) is 4.84. The van der Waals surface area contributed by atoms with Crippen LogP contribution in [0.3, 0.4) is 0 Å². The molecule has 140 valence electrons. The second kappa shape index (κ2) is 9.39. The molecule has 0 saturated heterocycles. The van der Waals surface area contributed by atoms with E-state index in [1.807, 2.05) is 0 Å². The summed E-state index contributed by atoms with van der Waals surface area (Å²) in [6, 6.07) is 4.08. The second-order valence-corrected chi connectivity index (χ2v) is 6.56. The Morgan fingerprint density at radius 2 is 1.92 bits per heavy atom. The van der Waals surface area contributed by atoms with Crippen molar-refractivity contribution in [3.05, 3.63) is 17.7 Å². The summed E-state index contributed by atoms with van der Waals surface area (Å²) in [6.45, 7) is 2.84. The molecule has 0 bridgehead atoms. The second-order valence-electron chi connectivity index (χ2n) is 6.56. The predicted molar refractivity (Wildman–Crippen MR) is 101 cm³/mol. The van der Waals surface area contributed by atoms with Crippen LogP contribution in [0.25, 0.3) is 0 Å². The van der Waals surface area contributed by atoms with Crippen molar-refractivity contribution in [1.82, 2.24) is 10.6 Å². The summed E-state index contributed by atoms with van der Waals surface area (Å²) < 4.78 is 10.4. The normalized spacial score (nSPS) is 20.9. The SMILES string of the molecule is CCC1CCCC(NC(=NC)NCc2cc(OC)c(O)c(OC)c2)C1. The number of aromatic hydroxyl groups is 1. The highest BCUT2D eigenvalue weighted by atomic mass is 16.5. The zero-order valence-corrected chi connectivity index (χ0v) is 15.8. The third kappa shape index (κ3) is 5.18. The Bertz CT molecular complexity index is 564. The number of hydrogen-bond acceptors (Lipinski definition) is 4. The van der Waals surface area contributed by atoms with Gasteiger partial charge in [-0.2, -0.15) is 0 Å². The van der Waals surface area contributed by atoms with E-state index in [1.54, 1.807) is 19.2 Å². The fourth-order valence-electron chi connectivity index (χ4n) is 3.42. The van der Waals surface area contributed by atoms with Crippen LogP contribution in [0.4, 0.5) is 0 Å². The van der Waals surface area contributed by atoms with E-state index < -0.39 is 0 Å². The average molecular weight is 349 g/mol. The first-order valence-corrected chi connectivity index (χ1v) is 9.02. The smallest absolute Gasteiger partial charge is 0.200 e. The fraction of sp³-hybridized carbons (Fsp3) is 0.632. The minimum Gasteiger partial charge on any atom is -0.502 e. The van der Waals surface area contributed by atoms with Crippen molar-refractivity contribution in [2.75, 3.05) is 21.3 Å². The number of aliphatic imine (C=N–C) groups is 1. The summed E-state index contributed by atoms with van der Waals surface area (Å²) in [6.07, 6.45) is 6.26. The molecule has 0 heterocycles. The van der Waals surface area contributed by atoms with Crippen molar-refractivity contribution < 1.29 is 14.6 Å². The Labute approximate surface area is 150 Å². The van der Waals surface area contributed by atoms with Crippen LogP contribution in [0.1, 0.15) is 44.6 Å². The van der Waals surface area contributed by atoms with Gasteiger partial charge in [-0.25, -0.2) is 0 Å². The summed E-state index contributed by atoms with van der Waals surface area (Å²) in [5.74, 6) is 2.43. The van der Waals surface area contributed by atoms with E-state index in [9.17, 15) is 5.11 Å². The molecule has 2 rings (SSSR count). The van der Waals surface area contributed by atoms with Crippen LogP contribution in [0.5, 0.6) is 17.2 Å². The molecule has 1 saturated carbocycles. The van der Waals surface area contributed by atoms with Gasteiger partial charge in [-0.15, -0.1) is 0 Å². The van der Waals surface area contributed by atoms with Crippen molar-refractivity contribution in [2.45, 2.75) is 51.6 Å². The standard InChI is InChI=1S/C19H31N3O3/c1-5-13-7-6-8-15(9-13)22-19(20-2)21-12-14-10-16(24-3)18(23)17(11-14)25-4/h10-11,13,15,23H,5-9,12H2,1-4H3,(H2,20,21,22). The fourth-order valence-corrected chi connectivity index (χ4v) is 3.42. The summed E-state index contributed by atoms with van der Waals surface area (Å²) in [5.41, 5.74) is 0.949. The molecule has 0 amide bonds. The lowest BCUT2D eigenvalue weighted by molar-refractivity contribution is 0.298. The number of guanidine groups is 1. The molecule has 6 heteroatoms. The van der Waals surface area contributed by atoms with Gasteiger partial charge in [0.1, 0.15) is 0 Å². The molecule has 0 aliphatic heterocycles. The first-order valence-electron chi connectivity index (χ1n) is 9.02. The quantitative estimate of drug-likeness (QED) is 0.544. The number of hydrogen-bond donors (Lipinski definition) is 3. The largest absolute Gasteiger partial charge is 0.502 e. The molecule has 25 heavy (non-hydrogen) atoms. The predicted octanol–water partition coefficient (Wildman–Crippen LogP) is 3.04. The van der Waals surface area contributed by atoms with Gasteiger partial charge in [0.15, 0.2) is 17.5 Å². The number of methoxy groups -OCH3 is 2. The Kier molecular flexibility index (Phi) is 7.22. The summed E-state index contributed by atoms with van der Waals surface area (Å²) in [5, 5.41) is 16.9. The maximum atomic E-state index is 9.99. The third-order valence-electron chi connectivity index (χ3n) is 4.92. The lowest BCUT2D eigenvalue weighted by Gasteiger charge is -2.30. The molecular weight excluding hydrogens is 318 g/mol. The Morgan fingerprint density at radius 3 is 2.48 bits per heavy atom. The first kappa shape index (κ1) is 19.2. The van der Waals surface area contributed by atoms with Gasteiger partial charge in [0.05, 0.1) is 14.2 Å². The molecule has 2 atom stereocenters. The number of benzene rings is 1. The van der Waals surface area contributed by atoms with Crippen molar-refractivity contribution in [1.29, 1.82) is 0 Å². The van der Waals surface area contributed by atoms with Gasteiger partial charge in [-0.3, -0.25) is 4.99 Å². The molecule has 0 aromatic heterocycles. The maximum Gasteiger partial charge on any atom is 0.200 e. The highest BCUT2D eigenvalue weighted by molar-refractivity contribution is 5.80. The van der Waals surface area contributed by atoms with E-state index >= 15 is 0 Å². The van der Waals surface area contributed by atoms with Crippen molar-refractivity contribution in [2.24, 2.45) is 10.9 Å². The van der Waals surface area contributed by atoms with Gasteiger partial charge in [0.2, 0.25) is 5.75 Å². The van der Waals surface area contributed by atoms with Crippen LogP contribution < -0.4 is 20.1 Å². The van der Waals surface area contributed by atoms with E-state index in [2.05, 4.69) is 22.5 Å². The van der Waals surface area contributed by atoms with Gasteiger partial charge < -0.3 is 25.2 Å². The number of phenols is 1. The van der Waals surface area contributed by atoms with Crippen LogP contribution in [-0.4, -0.2) is 38.4 Å². The number of phenolic OH excluding ortho intramolecular Hbond substituents is 1. The average Bonchev–Trinajstić information content (AvgIpc) is 2.65. The minimum atomic E-state index is 0.0177. The van der Waals surface area contributed by atoms with Crippen LogP contribution in [0.15, 0.2) is 17.1 Å². The molecule has 3 N–H and O–H groups in total. The van der Waals surface area contributed by atoms with Gasteiger partial charge in [0.25, 0.3) is 0 Å². The lowest BCUT2D eigenvalue weighted by atomic mass is 9.84. The summed E-state index contributed by atoms with van der Waals surface area (Å²) in [4.78, 5) is 4.33. The number of nitrogens with zero attached hydrogens (tertiary/aromatic N) is 1. The lowest BCUT2D eigenvalue weighted by Crippen LogP contribution is -2.45. The molecular formula is C19H31N3O3. The number of rotatable bonds is 6. The van der Waals surface area contributed by atoms with Crippen LogP contribution >= 0.6 is 0 Å². The van der Waals surface area contributed by atoms with E-state index in [1.165, 1.54) is 46.3 Å². The molecule has 1 aliphatic carbocycles. The molecule has 2 unspecified atom stereocenters. The van der Waals surface area contributed by atoms with Crippen molar-refractivity contribution in [3.8, 4) is 17.2 Å². The minimum absolute atomic E-state index is 0.0177. The Hall–Kier alpha value is -2.11. The van der Waals surface area contributed by atoms with E-state index in [0.717, 1.165) is 17.4 Å². The molecule has 1 aromatic rings. The molecule has 1 aliphatic rings. The Morgan fingerprint density at radius 1 is 1.24 bits per heavy atom. The highest BCUT2D eigenvalue weighted by Gasteiger charge is 2.21. The van der Waals surface area contributed by atoms with Crippen LogP contribution in [0.2, 0.25) is 0 Å². The number of nitrogens with one attached hydrogen (secondary N) is 2. The van der Waals surface area contributed by atoms with E-state index in [-0.39, 0.29) is 5.75 Å². The molecule has 1 aromatic carbocycles. The third-order valence-corrected chi connectivity index (χ3v) is 4.92. The molecule has 1 fully saturated rings. The van der Waals surface area contributed by atoms with Gasteiger partial charge in [-0.05, 0) is 36.5 Å². The topological polar surface area (TPSA) is 75.1 Å². The zero-order chi connectivity index (χ0) is 18.2. The van der Waals surface area contributed by atoms with Crippen LogP contribution in [-0.2, 0) is 6.54 Å². The monoisotopic (exact) mass is 349 g/mol. The highest BCUT2D eigenvalue weighted by Crippen LogP contribution is 2.37. The first-order chi connectivity index (χ1) is 12.1. The maximum absolute atomic E-state index is 9.99. The van der Waals surface area contributed by atoms with Gasteiger partial charge >= 0.3 is 0 Å². The van der Waals surface area contributed by atoms with Crippen molar-refractivity contribution >= 4 is 5.96 Å². The van der Waals surface area contributed by atoms with Crippen LogP contribution in [0, 0.1) is 5.92 Å². The van der Waals surface area contributed by atoms with E-state index in [4.69, 9.17) is 9.47 Å². The van der Waals surface area contributed by atoms with E-state index in [0.29, 0.717) is 24.1 Å². The zero-order valence-electron chi connectivity index (χ0n) is 15.8. The Balaban J connectivity index is 1.96. The van der Waals surface area contributed by atoms with Gasteiger partial charge in [0, 0.05) is 19.6 Å².